The average Bonchev–Trinajstić information content (AvgIpc) is 2.03. The predicted octanol–water partition coefficient (Wildman–Crippen LogP) is 1.06. The Morgan fingerprint density at radius 1 is 1.54 bits per heavy atom. The van der Waals surface area contributed by atoms with Gasteiger partial charge in [0, 0.05) is 6.04 Å². The van der Waals surface area contributed by atoms with Gasteiger partial charge in [0.15, 0.2) is 0 Å². The highest BCUT2D eigenvalue weighted by Crippen LogP contribution is 2.16. The number of rotatable bonds is 3. The van der Waals surface area contributed by atoms with Crippen molar-refractivity contribution in [1.29, 1.82) is 0 Å². The maximum atomic E-state index is 12.3. The van der Waals surface area contributed by atoms with E-state index < -0.39 is 10.2 Å². The normalized spacial score (nSPS) is 27.1. The van der Waals surface area contributed by atoms with E-state index in [2.05, 4.69) is 5.32 Å². The molecule has 3 nitrogen and oxygen atoms in total. The molecule has 0 saturated carbocycles. The third-order valence-corrected chi connectivity index (χ3v) is 3.42. The minimum Gasteiger partial charge on any atom is -0.314 e. The van der Waals surface area contributed by atoms with Gasteiger partial charge in [0.25, 0.3) is 0 Å². The summed E-state index contributed by atoms with van der Waals surface area (Å²) in [6.07, 6.45) is 3.19. The van der Waals surface area contributed by atoms with Gasteiger partial charge in [-0.05, 0) is 25.3 Å². The summed E-state index contributed by atoms with van der Waals surface area (Å²) < 4.78 is 33.1. The maximum Gasteiger partial charge on any atom is 0.302 e. The van der Waals surface area contributed by atoms with Gasteiger partial charge in [-0.2, -0.15) is 8.42 Å². The topological polar surface area (TPSA) is 46.2 Å². The molecule has 1 rings (SSSR count). The summed E-state index contributed by atoms with van der Waals surface area (Å²) in [5.41, 5.74) is 0. The smallest absolute Gasteiger partial charge is 0.302 e. The molecule has 1 N–H and O–H groups in total. The molecule has 1 fully saturated rings. The summed E-state index contributed by atoms with van der Waals surface area (Å²) >= 11 is 0. The summed E-state index contributed by atoms with van der Waals surface area (Å²) in [5.74, 6) is -0.486. The van der Waals surface area contributed by atoms with Gasteiger partial charge >= 0.3 is 10.2 Å². The third-order valence-electron chi connectivity index (χ3n) is 2.50. The first-order valence-corrected chi connectivity index (χ1v) is 6.20. The monoisotopic (exact) mass is 209 g/mol. The number of hydrogen-bond donors (Lipinski definition) is 1. The van der Waals surface area contributed by atoms with Crippen LogP contribution in [-0.4, -0.2) is 26.8 Å². The molecule has 0 aliphatic carbocycles. The van der Waals surface area contributed by atoms with Crippen LogP contribution in [0.25, 0.3) is 0 Å². The van der Waals surface area contributed by atoms with E-state index in [1.165, 1.54) is 0 Å². The van der Waals surface area contributed by atoms with Crippen LogP contribution in [0, 0.1) is 5.92 Å². The van der Waals surface area contributed by atoms with E-state index in [4.69, 9.17) is 0 Å². The standard InChI is InChI=1S/C8H16FNO2S/c1-7(6-13(9,11)12)8-4-2-3-5-10-8/h7-8,10H,2-6H2,1H3. The molecule has 0 bridgehead atoms. The molecule has 1 aliphatic rings. The Balaban J connectivity index is 2.42. The van der Waals surface area contributed by atoms with E-state index in [0.717, 1.165) is 25.8 Å². The molecule has 1 saturated heterocycles. The van der Waals surface area contributed by atoms with Crippen LogP contribution in [0.1, 0.15) is 26.2 Å². The minimum absolute atomic E-state index is 0.129. The number of piperidine rings is 1. The van der Waals surface area contributed by atoms with Crippen LogP contribution in [0.3, 0.4) is 0 Å². The molecule has 1 aliphatic heterocycles. The van der Waals surface area contributed by atoms with Crippen molar-refractivity contribution in [2.75, 3.05) is 12.3 Å². The lowest BCUT2D eigenvalue weighted by atomic mass is 9.95. The second-order valence-electron chi connectivity index (χ2n) is 3.74. The summed E-state index contributed by atoms with van der Waals surface area (Å²) in [6.45, 7) is 2.70. The van der Waals surface area contributed by atoms with Crippen molar-refractivity contribution >= 4 is 10.2 Å². The zero-order valence-electron chi connectivity index (χ0n) is 7.79. The van der Waals surface area contributed by atoms with Crippen molar-refractivity contribution in [3.05, 3.63) is 0 Å². The zero-order valence-corrected chi connectivity index (χ0v) is 8.61. The summed E-state index contributed by atoms with van der Waals surface area (Å²) in [6, 6.07) is 0.166. The molecule has 2 atom stereocenters. The van der Waals surface area contributed by atoms with Gasteiger partial charge in [0.1, 0.15) is 0 Å². The van der Waals surface area contributed by atoms with Crippen molar-refractivity contribution in [1.82, 2.24) is 5.32 Å². The number of halogens is 1. The maximum absolute atomic E-state index is 12.3. The van der Waals surface area contributed by atoms with Crippen LogP contribution in [0.4, 0.5) is 3.89 Å². The highest BCUT2D eigenvalue weighted by atomic mass is 32.3. The first-order valence-electron chi connectivity index (χ1n) is 4.65. The number of nitrogens with one attached hydrogen (secondary N) is 1. The van der Waals surface area contributed by atoms with Crippen LogP contribution >= 0.6 is 0 Å². The van der Waals surface area contributed by atoms with Crippen LogP contribution in [0.15, 0.2) is 0 Å². The molecule has 0 aromatic carbocycles. The largest absolute Gasteiger partial charge is 0.314 e. The average molecular weight is 209 g/mol. The molecular weight excluding hydrogens is 193 g/mol. The lowest BCUT2D eigenvalue weighted by Crippen LogP contribution is -2.40. The van der Waals surface area contributed by atoms with Crippen molar-refractivity contribution in [3.63, 3.8) is 0 Å². The Hall–Kier alpha value is -0.160. The molecule has 0 amide bonds. The lowest BCUT2D eigenvalue weighted by molar-refractivity contribution is 0.325. The molecule has 5 heteroatoms. The van der Waals surface area contributed by atoms with Crippen molar-refractivity contribution in [2.24, 2.45) is 5.92 Å². The van der Waals surface area contributed by atoms with Crippen molar-refractivity contribution in [3.8, 4) is 0 Å². The van der Waals surface area contributed by atoms with Crippen LogP contribution < -0.4 is 5.32 Å². The second kappa shape index (κ2) is 4.37. The zero-order chi connectivity index (χ0) is 9.90. The number of hydrogen-bond acceptors (Lipinski definition) is 3. The molecule has 0 radical (unpaired) electrons. The van der Waals surface area contributed by atoms with Gasteiger partial charge in [-0.1, -0.05) is 13.3 Å². The second-order valence-corrected chi connectivity index (χ2v) is 5.15. The fourth-order valence-corrected chi connectivity index (χ4v) is 2.65. The Labute approximate surface area is 78.9 Å². The molecular formula is C8H16FNO2S. The van der Waals surface area contributed by atoms with Crippen molar-refractivity contribution in [2.45, 2.75) is 32.2 Å². The van der Waals surface area contributed by atoms with Crippen LogP contribution in [0.2, 0.25) is 0 Å². The molecule has 0 spiro atoms. The van der Waals surface area contributed by atoms with Gasteiger partial charge in [-0.3, -0.25) is 0 Å². The molecule has 2 unspecified atom stereocenters. The summed E-state index contributed by atoms with van der Waals surface area (Å²) in [5, 5.41) is 3.21. The van der Waals surface area contributed by atoms with E-state index in [1.807, 2.05) is 0 Å². The summed E-state index contributed by atoms with van der Waals surface area (Å²) in [4.78, 5) is 0. The van der Waals surface area contributed by atoms with E-state index in [-0.39, 0.29) is 17.7 Å². The fourth-order valence-electron chi connectivity index (χ4n) is 1.79. The molecule has 78 valence electrons. The highest BCUT2D eigenvalue weighted by molar-refractivity contribution is 7.86. The quantitative estimate of drug-likeness (QED) is 0.707. The van der Waals surface area contributed by atoms with Gasteiger partial charge in [0.2, 0.25) is 0 Å². The van der Waals surface area contributed by atoms with Gasteiger partial charge in [0.05, 0.1) is 5.75 Å². The van der Waals surface area contributed by atoms with Crippen LogP contribution in [-0.2, 0) is 10.2 Å². The van der Waals surface area contributed by atoms with Gasteiger partial charge < -0.3 is 5.32 Å². The highest BCUT2D eigenvalue weighted by Gasteiger charge is 2.24. The molecule has 13 heavy (non-hydrogen) atoms. The first-order chi connectivity index (χ1) is 5.99. The third kappa shape index (κ3) is 4.04. The Bertz CT molecular complexity index is 247. The molecule has 1 heterocycles. The van der Waals surface area contributed by atoms with E-state index in [1.54, 1.807) is 6.92 Å². The van der Waals surface area contributed by atoms with E-state index in [0.29, 0.717) is 0 Å². The first kappa shape index (κ1) is 10.9. The Kier molecular flexibility index (Phi) is 3.67. The van der Waals surface area contributed by atoms with E-state index >= 15 is 0 Å². The predicted molar refractivity (Wildman–Crippen MR) is 49.7 cm³/mol. The van der Waals surface area contributed by atoms with Gasteiger partial charge in [-0.15, -0.1) is 3.89 Å². The summed E-state index contributed by atoms with van der Waals surface area (Å²) in [7, 11) is -4.31. The minimum atomic E-state index is -4.31. The lowest BCUT2D eigenvalue weighted by Gasteiger charge is -2.27. The van der Waals surface area contributed by atoms with Gasteiger partial charge in [-0.25, -0.2) is 0 Å². The molecule has 0 aromatic heterocycles. The molecule has 0 aromatic rings. The van der Waals surface area contributed by atoms with Crippen LogP contribution in [0.5, 0.6) is 0 Å². The fraction of sp³-hybridized carbons (Fsp3) is 1.00. The SMILES string of the molecule is CC(CS(=O)(=O)F)C1CCCCN1. The Morgan fingerprint density at radius 3 is 2.69 bits per heavy atom. The Morgan fingerprint density at radius 2 is 2.23 bits per heavy atom. The van der Waals surface area contributed by atoms with Crippen molar-refractivity contribution < 1.29 is 12.3 Å². The van der Waals surface area contributed by atoms with E-state index in [9.17, 15) is 12.3 Å².